The maximum Gasteiger partial charge on any atom is 0.226 e. The third-order valence-electron chi connectivity index (χ3n) is 3.55. The van der Waals surface area contributed by atoms with Gasteiger partial charge in [0, 0.05) is 17.3 Å². The summed E-state index contributed by atoms with van der Waals surface area (Å²) < 4.78 is 0.761. The van der Waals surface area contributed by atoms with Crippen molar-refractivity contribution >= 4 is 41.3 Å². The Morgan fingerprint density at radius 1 is 1.65 bits per heavy atom. The lowest BCUT2D eigenvalue weighted by Crippen LogP contribution is -2.50. The van der Waals surface area contributed by atoms with E-state index in [2.05, 4.69) is 11.9 Å². The van der Waals surface area contributed by atoms with Crippen molar-refractivity contribution in [3.05, 3.63) is 34.0 Å². The number of hydrogen-bond acceptors (Lipinski definition) is 3. The molecule has 2 heterocycles. The summed E-state index contributed by atoms with van der Waals surface area (Å²) in [6, 6.07) is 3.85. The van der Waals surface area contributed by atoms with E-state index in [9.17, 15) is 4.79 Å². The molecule has 1 aliphatic heterocycles. The second-order valence-electron chi connectivity index (χ2n) is 4.92. The number of nitrogens with zero attached hydrogens (tertiary/aromatic N) is 1. The fourth-order valence-electron chi connectivity index (χ4n) is 2.17. The van der Waals surface area contributed by atoms with Crippen LogP contribution in [0.2, 0.25) is 4.34 Å². The minimum Gasteiger partial charge on any atom is -0.334 e. The first-order chi connectivity index (χ1) is 9.11. The second-order valence-corrected chi connectivity index (χ2v) is 6.72. The normalized spacial score (nSPS) is 15.9. The van der Waals surface area contributed by atoms with Crippen molar-refractivity contribution in [2.24, 2.45) is 11.8 Å². The first-order valence-electron chi connectivity index (χ1n) is 6.46. The molecule has 0 radical (unpaired) electrons. The van der Waals surface area contributed by atoms with Gasteiger partial charge in [-0.25, -0.2) is 0 Å². The monoisotopic (exact) mass is 334 g/mol. The van der Waals surface area contributed by atoms with Crippen molar-refractivity contribution in [2.75, 3.05) is 19.6 Å². The van der Waals surface area contributed by atoms with Crippen LogP contribution in [-0.2, 0) is 11.3 Å². The van der Waals surface area contributed by atoms with Gasteiger partial charge in [0.25, 0.3) is 0 Å². The van der Waals surface area contributed by atoms with Crippen molar-refractivity contribution in [3.63, 3.8) is 0 Å². The summed E-state index contributed by atoms with van der Waals surface area (Å²) in [7, 11) is 0. The molecule has 0 bridgehead atoms. The summed E-state index contributed by atoms with van der Waals surface area (Å²) in [5.74, 6) is 0.735. The van der Waals surface area contributed by atoms with E-state index in [-0.39, 0.29) is 24.2 Å². The van der Waals surface area contributed by atoms with Crippen LogP contribution in [0.25, 0.3) is 0 Å². The highest BCUT2D eigenvalue weighted by Gasteiger charge is 2.31. The molecule has 1 unspecified atom stereocenters. The van der Waals surface area contributed by atoms with E-state index in [1.165, 1.54) is 11.3 Å². The Bertz CT molecular complexity index is 460. The summed E-state index contributed by atoms with van der Waals surface area (Å²) in [6.07, 6.45) is 1.78. The standard InChI is InChI=1S/C14H19ClN2OS.ClH/c1-3-6-17(9-12-4-5-13(15)19-12)14(18)10(2)11-7-16-8-11;/h3-5,10-11,16H,1,6-9H2,2H3;1H. The topological polar surface area (TPSA) is 32.3 Å². The fourth-order valence-corrected chi connectivity index (χ4v) is 3.27. The third-order valence-corrected chi connectivity index (χ3v) is 4.76. The van der Waals surface area contributed by atoms with Crippen LogP contribution >= 0.6 is 35.3 Å². The molecule has 0 saturated carbocycles. The van der Waals surface area contributed by atoms with Gasteiger partial charge in [0.1, 0.15) is 0 Å². The zero-order valence-corrected chi connectivity index (χ0v) is 13.9. The predicted octanol–water partition coefficient (Wildman–Crippen LogP) is 3.19. The smallest absolute Gasteiger partial charge is 0.226 e. The molecule has 1 saturated heterocycles. The van der Waals surface area contributed by atoms with Crippen LogP contribution in [0.5, 0.6) is 0 Å². The van der Waals surface area contributed by atoms with Gasteiger partial charge in [0.05, 0.1) is 10.9 Å². The first-order valence-corrected chi connectivity index (χ1v) is 7.66. The molecule has 3 nitrogen and oxygen atoms in total. The average molecular weight is 335 g/mol. The van der Waals surface area contributed by atoms with Crippen LogP contribution in [0.3, 0.4) is 0 Å². The number of amides is 1. The minimum absolute atomic E-state index is 0. The summed E-state index contributed by atoms with van der Waals surface area (Å²) in [5.41, 5.74) is 0. The number of carbonyl (C=O) groups is 1. The van der Waals surface area contributed by atoms with Crippen molar-refractivity contribution in [1.82, 2.24) is 10.2 Å². The molecule has 1 aromatic rings. The highest BCUT2D eigenvalue weighted by Crippen LogP contribution is 2.24. The molecule has 0 aromatic carbocycles. The third kappa shape index (κ3) is 4.22. The summed E-state index contributed by atoms with van der Waals surface area (Å²) >= 11 is 7.46. The molecule has 1 atom stereocenters. The zero-order valence-electron chi connectivity index (χ0n) is 11.5. The Kier molecular flexibility index (Phi) is 7.03. The minimum atomic E-state index is 0. The first kappa shape index (κ1) is 17.5. The molecule has 1 aliphatic rings. The molecule has 2 rings (SSSR count). The molecule has 20 heavy (non-hydrogen) atoms. The molecule has 0 spiro atoms. The number of halogens is 2. The Labute approximate surface area is 135 Å². The van der Waals surface area contributed by atoms with Crippen LogP contribution < -0.4 is 5.32 Å². The van der Waals surface area contributed by atoms with Gasteiger partial charge in [-0.15, -0.1) is 30.3 Å². The summed E-state index contributed by atoms with van der Waals surface area (Å²) in [4.78, 5) is 15.5. The predicted molar refractivity (Wildman–Crippen MR) is 87.7 cm³/mol. The van der Waals surface area contributed by atoms with Gasteiger partial charge in [-0.1, -0.05) is 24.6 Å². The number of hydrogen-bond donors (Lipinski definition) is 1. The molecular formula is C14H20Cl2N2OS. The number of thiophene rings is 1. The van der Waals surface area contributed by atoms with Crippen LogP contribution in [0, 0.1) is 11.8 Å². The van der Waals surface area contributed by atoms with E-state index in [1.807, 2.05) is 24.0 Å². The SMILES string of the molecule is C=CCN(Cc1ccc(Cl)s1)C(=O)C(C)C1CNC1.Cl. The summed E-state index contributed by atoms with van der Waals surface area (Å²) in [5, 5.41) is 3.21. The lowest BCUT2D eigenvalue weighted by Gasteiger charge is -2.34. The zero-order chi connectivity index (χ0) is 13.8. The Morgan fingerprint density at radius 3 is 2.80 bits per heavy atom. The van der Waals surface area contributed by atoms with Crippen molar-refractivity contribution in [1.29, 1.82) is 0 Å². The Hall–Kier alpha value is -0.550. The van der Waals surface area contributed by atoms with Crippen LogP contribution in [0.4, 0.5) is 0 Å². The van der Waals surface area contributed by atoms with E-state index >= 15 is 0 Å². The van der Waals surface area contributed by atoms with Crippen LogP contribution in [0.15, 0.2) is 24.8 Å². The van der Waals surface area contributed by atoms with Gasteiger partial charge in [-0.2, -0.15) is 0 Å². The maximum atomic E-state index is 12.5. The van der Waals surface area contributed by atoms with Gasteiger partial charge in [-0.05, 0) is 31.1 Å². The average Bonchev–Trinajstić information content (AvgIpc) is 2.71. The van der Waals surface area contributed by atoms with Crippen molar-refractivity contribution in [2.45, 2.75) is 13.5 Å². The van der Waals surface area contributed by atoms with Gasteiger partial charge in [-0.3, -0.25) is 4.79 Å². The molecule has 1 N–H and O–H groups in total. The van der Waals surface area contributed by atoms with Crippen LogP contribution in [0.1, 0.15) is 11.8 Å². The molecule has 1 aromatic heterocycles. The van der Waals surface area contributed by atoms with Gasteiger partial charge >= 0.3 is 0 Å². The molecule has 0 aliphatic carbocycles. The van der Waals surface area contributed by atoms with E-state index in [4.69, 9.17) is 11.6 Å². The highest BCUT2D eigenvalue weighted by atomic mass is 35.5. The van der Waals surface area contributed by atoms with E-state index in [0.29, 0.717) is 19.0 Å². The van der Waals surface area contributed by atoms with E-state index < -0.39 is 0 Å². The van der Waals surface area contributed by atoms with Gasteiger partial charge in [0.2, 0.25) is 5.91 Å². The Balaban J connectivity index is 0.00000200. The maximum absolute atomic E-state index is 12.5. The fraction of sp³-hybridized carbons (Fsp3) is 0.500. The van der Waals surface area contributed by atoms with Crippen molar-refractivity contribution < 1.29 is 4.79 Å². The number of carbonyl (C=O) groups excluding carboxylic acids is 1. The second kappa shape index (κ2) is 8.03. The number of rotatable bonds is 6. The lowest BCUT2D eigenvalue weighted by molar-refractivity contribution is -0.137. The van der Waals surface area contributed by atoms with Crippen LogP contribution in [-0.4, -0.2) is 30.4 Å². The van der Waals surface area contributed by atoms with Gasteiger partial charge in [0.15, 0.2) is 0 Å². The summed E-state index contributed by atoms with van der Waals surface area (Å²) in [6.45, 7) is 8.85. The largest absolute Gasteiger partial charge is 0.334 e. The molecule has 112 valence electrons. The van der Waals surface area contributed by atoms with Gasteiger partial charge < -0.3 is 10.2 Å². The van der Waals surface area contributed by atoms with E-state index in [0.717, 1.165) is 22.3 Å². The Morgan fingerprint density at radius 2 is 2.35 bits per heavy atom. The lowest BCUT2D eigenvalue weighted by atomic mass is 9.88. The number of nitrogens with one attached hydrogen (secondary N) is 1. The van der Waals surface area contributed by atoms with E-state index in [1.54, 1.807) is 6.08 Å². The molecule has 1 amide bonds. The highest BCUT2D eigenvalue weighted by molar-refractivity contribution is 7.16. The molecule has 6 heteroatoms. The molecule has 1 fully saturated rings. The van der Waals surface area contributed by atoms with Crippen molar-refractivity contribution in [3.8, 4) is 0 Å². The molecular weight excluding hydrogens is 315 g/mol. The quantitative estimate of drug-likeness (QED) is 0.810.